The monoisotopic (exact) mass is 117 g/mol. The van der Waals surface area contributed by atoms with Crippen molar-refractivity contribution < 1.29 is 14.6 Å². The molecular formula is C5H9O3. The maximum atomic E-state index is 10.2. The molecule has 0 fully saturated rings. The minimum Gasteiger partial charge on any atom is -0.464 e. The minimum atomic E-state index is -1.24. The highest BCUT2D eigenvalue weighted by molar-refractivity contribution is 5.73. The fourth-order valence-electron chi connectivity index (χ4n) is 0.260. The number of carbonyl (C=O) groups is 1. The Morgan fingerprint density at radius 3 is 2.38 bits per heavy atom. The molecule has 0 unspecified atom stereocenters. The number of carbonyl (C=O) groups excluding carboxylic acids is 1. The van der Waals surface area contributed by atoms with Crippen molar-refractivity contribution in [2.24, 2.45) is 0 Å². The molecule has 0 saturated heterocycles. The standard InChI is InChI=1S/C5H9O3/c1-3-8-5(7)4(2)6/h4H,3H2,1-2H3/t4-/m0/s1. The van der Waals surface area contributed by atoms with Gasteiger partial charge in [-0.2, -0.15) is 0 Å². The van der Waals surface area contributed by atoms with E-state index in [1.807, 2.05) is 0 Å². The van der Waals surface area contributed by atoms with Crippen molar-refractivity contribution in [1.82, 2.24) is 0 Å². The normalized spacial score (nSPS) is 12.9. The highest BCUT2D eigenvalue weighted by atomic mass is 16.5. The van der Waals surface area contributed by atoms with Gasteiger partial charge in [0.15, 0.2) is 6.10 Å². The van der Waals surface area contributed by atoms with Gasteiger partial charge in [0.2, 0.25) is 0 Å². The van der Waals surface area contributed by atoms with Crippen molar-refractivity contribution in [2.45, 2.75) is 20.0 Å². The van der Waals surface area contributed by atoms with E-state index in [1.54, 1.807) is 6.92 Å². The second-order valence-corrected chi connectivity index (χ2v) is 1.39. The van der Waals surface area contributed by atoms with Crippen LogP contribution in [0.15, 0.2) is 0 Å². The van der Waals surface area contributed by atoms with E-state index in [-0.39, 0.29) is 6.61 Å². The summed E-state index contributed by atoms with van der Waals surface area (Å²) in [6, 6.07) is 0. The summed E-state index contributed by atoms with van der Waals surface area (Å²) in [6.45, 7) is 3.21. The Bertz CT molecular complexity index is 77.7. The van der Waals surface area contributed by atoms with Crippen LogP contribution in [0, 0.1) is 0 Å². The van der Waals surface area contributed by atoms with Crippen LogP contribution in [-0.4, -0.2) is 18.7 Å². The van der Waals surface area contributed by atoms with Crippen LogP contribution < -0.4 is 0 Å². The zero-order chi connectivity index (χ0) is 6.57. The van der Waals surface area contributed by atoms with E-state index in [9.17, 15) is 9.90 Å². The van der Waals surface area contributed by atoms with Gasteiger partial charge in [0.25, 0.3) is 0 Å². The third-order valence-corrected chi connectivity index (χ3v) is 0.619. The number of rotatable bonds is 2. The molecule has 47 valence electrons. The van der Waals surface area contributed by atoms with Crippen molar-refractivity contribution in [3.8, 4) is 0 Å². The Morgan fingerprint density at radius 2 is 2.25 bits per heavy atom. The molecule has 3 nitrogen and oxygen atoms in total. The molecule has 0 rings (SSSR count). The van der Waals surface area contributed by atoms with Crippen molar-refractivity contribution in [3.05, 3.63) is 0 Å². The van der Waals surface area contributed by atoms with Gasteiger partial charge in [0, 0.05) is 0 Å². The van der Waals surface area contributed by atoms with Gasteiger partial charge < -0.3 is 4.74 Å². The van der Waals surface area contributed by atoms with Crippen LogP contribution in [0.3, 0.4) is 0 Å². The summed E-state index contributed by atoms with van der Waals surface area (Å²) in [5.74, 6) is -0.674. The van der Waals surface area contributed by atoms with Gasteiger partial charge in [0.1, 0.15) is 0 Å². The van der Waals surface area contributed by atoms with E-state index in [0.29, 0.717) is 0 Å². The van der Waals surface area contributed by atoms with Crippen molar-refractivity contribution in [3.63, 3.8) is 0 Å². The Hall–Kier alpha value is -0.570. The van der Waals surface area contributed by atoms with Gasteiger partial charge in [-0.3, -0.25) is 0 Å². The molecule has 0 amide bonds. The first-order valence-electron chi connectivity index (χ1n) is 2.51. The lowest BCUT2D eigenvalue weighted by molar-refractivity contribution is -0.155. The third-order valence-electron chi connectivity index (χ3n) is 0.619. The molecule has 1 radical (unpaired) electrons. The third kappa shape index (κ3) is 2.58. The highest BCUT2D eigenvalue weighted by Crippen LogP contribution is 1.85. The summed E-state index contributed by atoms with van der Waals surface area (Å²) >= 11 is 0. The molecule has 0 saturated carbocycles. The first-order valence-corrected chi connectivity index (χ1v) is 2.51. The van der Waals surface area contributed by atoms with Crippen molar-refractivity contribution in [1.29, 1.82) is 0 Å². The maximum Gasteiger partial charge on any atom is 0.338 e. The van der Waals surface area contributed by atoms with E-state index >= 15 is 0 Å². The fourth-order valence-corrected chi connectivity index (χ4v) is 0.260. The lowest BCUT2D eigenvalue weighted by Gasteiger charge is -1.99. The lowest BCUT2D eigenvalue weighted by atomic mass is 10.4. The molecular weight excluding hydrogens is 108 g/mol. The molecule has 1 atom stereocenters. The quantitative estimate of drug-likeness (QED) is 0.490. The van der Waals surface area contributed by atoms with Gasteiger partial charge in [0.05, 0.1) is 6.61 Å². The molecule has 0 aliphatic heterocycles. The van der Waals surface area contributed by atoms with E-state index < -0.39 is 12.1 Å². The number of ether oxygens (including phenoxy) is 1. The van der Waals surface area contributed by atoms with Crippen LogP contribution in [0.25, 0.3) is 0 Å². The van der Waals surface area contributed by atoms with E-state index in [1.165, 1.54) is 6.92 Å². The molecule has 0 spiro atoms. The van der Waals surface area contributed by atoms with Gasteiger partial charge in [-0.1, -0.05) is 0 Å². The Balaban J connectivity index is 3.33. The van der Waals surface area contributed by atoms with Crippen LogP contribution in [0.5, 0.6) is 0 Å². The molecule has 0 bridgehead atoms. The molecule has 0 heterocycles. The summed E-state index contributed by atoms with van der Waals surface area (Å²) in [4.78, 5) is 10.2. The first-order chi connectivity index (χ1) is 3.68. The Kier molecular flexibility index (Phi) is 3.19. The zero-order valence-corrected chi connectivity index (χ0v) is 5.01. The summed E-state index contributed by atoms with van der Waals surface area (Å²) in [5.41, 5.74) is 0. The molecule has 8 heavy (non-hydrogen) atoms. The van der Waals surface area contributed by atoms with Crippen LogP contribution >= 0.6 is 0 Å². The largest absolute Gasteiger partial charge is 0.464 e. The van der Waals surface area contributed by atoms with Gasteiger partial charge in [-0.15, -0.1) is 0 Å². The van der Waals surface area contributed by atoms with Crippen LogP contribution in [0.2, 0.25) is 0 Å². The lowest BCUT2D eigenvalue weighted by Crippen LogP contribution is -2.17. The number of hydrogen-bond acceptors (Lipinski definition) is 2. The summed E-state index contributed by atoms with van der Waals surface area (Å²) in [7, 11) is 0. The highest BCUT2D eigenvalue weighted by Gasteiger charge is 2.09. The van der Waals surface area contributed by atoms with Crippen molar-refractivity contribution in [2.75, 3.05) is 6.61 Å². The fraction of sp³-hybridized carbons (Fsp3) is 0.800. The minimum absolute atomic E-state index is 0.283. The summed E-state index contributed by atoms with van der Waals surface area (Å²) in [6.07, 6.45) is -1.24. The average Bonchev–Trinajstić information content (AvgIpc) is 1.67. The predicted octanol–water partition coefficient (Wildman–Crippen LogP) is 0.368. The van der Waals surface area contributed by atoms with E-state index in [0.717, 1.165) is 0 Å². The van der Waals surface area contributed by atoms with Gasteiger partial charge in [-0.25, -0.2) is 9.90 Å². The molecule has 0 aromatic rings. The molecule has 0 aliphatic rings. The first kappa shape index (κ1) is 7.43. The summed E-state index contributed by atoms with van der Waals surface area (Å²) < 4.78 is 4.35. The van der Waals surface area contributed by atoms with Crippen LogP contribution in [0.4, 0.5) is 0 Å². The zero-order valence-electron chi connectivity index (χ0n) is 5.01. The van der Waals surface area contributed by atoms with Gasteiger partial charge >= 0.3 is 5.97 Å². The molecule has 0 aliphatic carbocycles. The predicted molar refractivity (Wildman–Crippen MR) is 26.8 cm³/mol. The second-order valence-electron chi connectivity index (χ2n) is 1.39. The van der Waals surface area contributed by atoms with Crippen LogP contribution in [0.1, 0.15) is 13.8 Å². The second kappa shape index (κ2) is 3.43. The van der Waals surface area contributed by atoms with E-state index in [2.05, 4.69) is 4.74 Å². The van der Waals surface area contributed by atoms with Crippen molar-refractivity contribution >= 4 is 5.97 Å². The Morgan fingerprint density at radius 1 is 1.75 bits per heavy atom. The smallest absolute Gasteiger partial charge is 0.338 e. The van der Waals surface area contributed by atoms with E-state index in [4.69, 9.17) is 0 Å². The van der Waals surface area contributed by atoms with Crippen LogP contribution in [-0.2, 0) is 14.6 Å². The SMILES string of the molecule is CCOC(=O)[C@H](C)[O]. The molecule has 0 N–H and O–H groups in total. The topological polar surface area (TPSA) is 46.2 Å². The van der Waals surface area contributed by atoms with Gasteiger partial charge in [-0.05, 0) is 13.8 Å². The molecule has 3 heteroatoms. The average molecular weight is 117 g/mol. The number of esters is 1. The maximum absolute atomic E-state index is 10.2. The molecule has 0 aromatic carbocycles. The number of hydrogen-bond donors (Lipinski definition) is 0. The Labute approximate surface area is 48.3 Å². The summed E-state index contributed by atoms with van der Waals surface area (Å²) in [5, 5.41) is 10.1. The molecule has 0 aromatic heterocycles.